The lowest BCUT2D eigenvalue weighted by molar-refractivity contribution is 0.268. The Morgan fingerprint density at radius 3 is 2.94 bits per heavy atom. The van der Waals surface area contributed by atoms with Crippen LogP contribution in [-0.2, 0) is 6.54 Å². The standard InChI is InChI=1S/C8H9N5O3/c14-2-1-13-4-6(11-12-13)5-3-9-8(16)10-7(5)15/h3-4,14H,1-2H2,(H2,9,10,15,16). The Balaban J connectivity index is 2.42. The quantitative estimate of drug-likeness (QED) is 0.574. The first-order valence-corrected chi connectivity index (χ1v) is 4.54. The molecule has 16 heavy (non-hydrogen) atoms. The van der Waals surface area contributed by atoms with Crippen LogP contribution in [0.4, 0.5) is 0 Å². The van der Waals surface area contributed by atoms with Gasteiger partial charge in [0.05, 0.1) is 24.9 Å². The van der Waals surface area contributed by atoms with E-state index in [-0.39, 0.29) is 12.2 Å². The maximum absolute atomic E-state index is 11.4. The number of rotatable bonds is 3. The zero-order valence-corrected chi connectivity index (χ0v) is 8.17. The minimum atomic E-state index is -0.573. The summed E-state index contributed by atoms with van der Waals surface area (Å²) < 4.78 is 1.40. The SMILES string of the molecule is O=c1[nH]cc(-c2cn(CCO)nn2)c(=O)[nH]1. The van der Waals surface area contributed by atoms with Crippen LogP contribution in [0, 0.1) is 0 Å². The van der Waals surface area contributed by atoms with Crippen molar-refractivity contribution < 1.29 is 5.11 Å². The smallest absolute Gasteiger partial charge is 0.325 e. The lowest BCUT2D eigenvalue weighted by Crippen LogP contribution is -2.22. The normalized spacial score (nSPS) is 10.6. The van der Waals surface area contributed by atoms with Crippen molar-refractivity contribution in [1.82, 2.24) is 25.0 Å². The topological polar surface area (TPSA) is 117 Å². The van der Waals surface area contributed by atoms with Crippen LogP contribution >= 0.6 is 0 Å². The van der Waals surface area contributed by atoms with Crippen LogP contribution < -0.4 is 11.2 Å². The third kappa shape index (κ3) is 1.91. The van der Waals surface area contributed by atoms with Gasteiger partial charge in [0, 0.05) is 6.20 Å². The molecule has 2 aromatic heterocycles. The van der Waals surface area contributed by atoms with Gasteiger partial charge in [0.1, 0.15) is 5.69 Å². The second-order valence-corrected chi connectivity index (χ2v) is 3.08. The average Bonchev–Trinajstić information content (AvgIpc) is 2.67. The average molecular weight is 223 g/mol. The molecule has 2 heterocycles. The molecule has 0 aliphatic rings. The number of hydrogen-bond donors (Lipinski definition) is 3. The van der Waals surface area contributed by atoms with Crippen LogP contribution in [0.25, 0.3) is 11.3 Å². The van der Waals surface area contributed by atoms with E-state index in [0.29, 0.717) is 12.2 Å². The number of nitrogens with zero attached hydrogens (tertiary/aromatic N) is 3. The molecular weight excluding hydrogens is 214 g/mol. The fraction of sp³-hybridized carbons (Fsp3) is 0.250. The highest BCUT2D eigenvalue weighted by molar-refractivity contribution is 5.54. The Labute approximate surface area is 88.6 Å². The van der Waals surface area contributed by atoms with Gasteiger partial charge in [-0.1, -0.05) is 5.21 Å². The van der Waals surface area contributed by atoms with E-state index in [1.807, 2.05) is 0 Å². The number of aliphatic hydroxyl groups excluding tert-OH is 1. The first kappa shape index (κ1) is 10.3. The number of nitrogens with one attached hydrogen (secondary N) is 2. The Morgan fingerprint density at radius 2 is 2.25 bits per heavy atom. The fourth-order valence-electron chi connectivity index (χ4n) is 1.23. The molecule has 2 aromatic rings. The summed E-state index contributed by atoms with van der Waals surface area (Å²) in [7, 11) is 0. The summed E-state index contributed by atoms with van der Waals surface area (Å²) in [6.07, 6.45) is 2.79. The number of aromatic nitrogens is 5. The lowest BCUT2D eigenvalue weighted by atomic mass is 10.2. The van der Waals surface area contributed by atoms with Crippen molar-refractivity contribution in [2.45, 2.75) is 6.54 Å². The molecule has 0 bridgehead atoms. The van der Waals surface area contributed by atoms with Crippen LogP contribution in [0.5, 0.6) is 0 Å². The van der Waals surface area contributed by atoms with Gasteiger partial charge >= 0.3 is 5.69 Å². The van der Waals surface area contributed by atoms with E-state index in [0.717, 1.165) is 0 Å². The molecule has 0 unspecified atom stereocenters. The summed E-state index contributed by atoms with van der Waals surface area (Å²) in [6.45, 7) is 0.235. The molecule has 8 heteroatoms. The van der Waals surface area contributed by atoms with Crippen molar-refractivity contribution in [1.29, 1.82) is 0 Å². The largest absolute Gasteiger partial charge is 0.394 e. The van der Waals surface area contributed by atoms with Gasteiger partial charge in [-0.2, -0.15) is 0 Å². The Morgan fingerprint density at radius 1 is 1.44 bits per heavy atom. The minimum absolute atomic E-state index is 0.0647. The van der Waals surface area contributed by atoms with Crippen molar-refractivity contribution in [3.63, 3.8) is 0 Å². The monoisotopic (exact) mass is 223 g/mol. The minimum Gasteiger partial charge on any atom is -0.394 e. The van der Waals surface area contributed by atoms with Gasteiger partial charge in [-0.25, -0.2) is 9.48 Å². The second kappa shape index (κ2) is 4.11. The zero-order valence-electron chi connectivity index (χ0n) is 8.17. The third-order valence-electron chi connectivity index (χ3n) is 1.96. The molecule has 0 fully saturated rings. The molecule has 0 saturated heterocycles. The lowest BCUT2D eigenvalue weighted by Gasteiger charge is -1.93. The Hall–Kier alpha value is -2.22. The maximum Gasteiger partial charge on any atom is 0.325 e. The molecule has 84 valence electrons. The first-order chi connectivity index (χ1) is 7.70. The summed E-state index contributed by atoms with van der Waals surface area (Å²) in [5, 5.41) is 16.1. The fourth-order valence-corrected chi connectivity index (χ4v) is 1.23. The molecule has 2 rings (SSSR count). The van der Waals surface area contributed by atoms with Gasteiger partial charge in [0.15, 0.2) is 0 Å². The Kier molecular flexibility index (Phi) is 2.64. The summed E-state index contributed by atoms with van der Waals surface area (Å²) in [5.74, 6) is 0. The van der Waals surface area contributed by atoms with Crippen LogP contribution in [0.2, 0.25) is 0 Å². The molecule has 3 N–H and O–H groups in total. The van der Waals surface area contributed by atoms with Crippen molar-refractivity contribution in [2.24, 2.45) is 0 Å². The van der Waals surface area contributed by atoms with Crippen molar-refractivity contribution in [3.05, 3.63) is 33.2 Å². The van der Waals surface area contributed by atoms with E-state index >= 15 is 0 Å². The predicted molar refractivity (Wildman–Crippen MR) is 53.8 cm³/mol. The molecule has 0 radical (unpaired) electrons. The Bertz CT molecular complexity index is 596. The number of H-pyrrole nitrogens is 2. The van der Waals surface area contributed by atoms with E-state index in [1.165, 1.54) is 17.1 Å². The van der Waals surface area contributed by atoms with Crippen molar-refractivity contribution >= 4 is 0 Å². The number of aliphatic hydroxyl groups is 1. The summed E-state index contributed by atoms with van der Waals surface area (Å²) in [5.41, 5.74) is -0.536. The molecule has 0 atom stereocenters. The van der Waals surface area contributed by atoms with Crippen molar-refractivity contribution in [3.8, 4) is 11.3 Å². The zero-order chi connectivity index (χ0) is 11.5. The van der Waals surface area contributed by atoms with Crippen LogP contribution in [0.1, 0.15) is 0 Å². The number of aromatic amines is 2. The van der Waals surface area contributed by atoms with Gasteiger partial charge in [0.2, 0.25) is 0 Å². The molecule has 0 saturated carbocycles. The first-order valence-electron chi connectivity index (χ1n) is 4.54. The summed E-state index contributed by atoms with van der Waals surface area (Å²) >= 11 is 0. The van der Waals surface area contributed by atoms with Gasteiger partial charge in [0.25, 0.3) is 5.56 Å². The molecule has 0 spiro atoms. The predicted octanol–water partition coefficient (Wildman–Crippen LogP) is -1.69. The van der Waals surface area contributed by atoms with Gasteiger partial charge in [-0.05, 0) is 0 Å². The van der Waals surface area contributed by atoms with E-state index in [1.54, 1.807) is 0 Å². The van der Waals surface area contributed by atoms with Crippen molar-refractivity contribution in [2.75, 3.05) is 6.61 Å². The molecule has 8 nitrogen and oxygen atoms in total. The van der Waals surface area contributed by atoms with Crippen LogP contribution in [-0.4, -0.2) is 36.7 Å². The summed E-state index contributed by atoms with van der Waals surface area (Å²) in [6, 6.07) is 0. The molecule has 0 aromatic carbocycles. The highest BCUT2D eigenvalue weighted by Gasteiger charge is 2.08. The van der Waals surface area contributed by atoms with Gasteiger partial charge < -0.3 is 10.1 Å². The van der Waals surface area contributed by atoms with E-state index in [4.69, 9.17) is 5.11 Å². The molecular formula is C8H9N5O3. The molecule has 0 amide bonds. The van der Waals surface area contributed by atoms with E-state index < -0.39 is 11.2 Å². The highest BCUT2D eigenvalue weighted by Crippen LogP contribution is 2.07. The van der Waals surface area contributed by atoms with Gasteiger partial charge in [-0.15, -0.1) is 5.10 Å². The summed E-state index contributed by atoms with van der Waals surface area (Å²) in [4.78, 5) is 26.6. The molecule has 0 aliphatic carbocycles. The molecule has 0 aliphatic heterocycles. The van der Waals surface area contributed by atoms with Crippen LogP contribution in [0.3, 0.4) is 0 Å². The number of hydrogen-bond acceptors (Lipinski definition) is 5. The third-order valence-corrected chi connectivity index (χ3v) is 1.96. The maximum atomic E-state index is 11.4. The highest BCUT2D eigenvalue weighted by atomic mass is 16.3. The van der Waals surface area contributed by atoms with E-state index in [9.17, 15) is 9.59 Å². The van der Waals surface area contributed by atoms with Crippen LogP contribution in [0.15, 0.2) is 22.0 Å². The van der Waals surface area contributed by atoms with E-state index in [2.05, 4.69) is 20.3 Å². The van der Waals surface area contributed by atoms with Gasteiger partial charge in [-0.3, -0.25) is 9.78 Å². The second-order valence-electron chi connectivity index (χ2n) is 3.08.